The van der Waals surface area contributed by atoms with Crippen LogP contribution in [0.5, 0.6) is 5.75 Å². The summed E-state index contributed by atoms with van der Waals surface area (Å²) in [4.78, 5) is 4.39. The first-order valence-electron chi connectivity index (χ1n) is 7.86. The van der Waals surface area contributed by atoms with Crippen LogP contribution in [0.4, 0.5) is 0 Å². The summed E-state index contributed by atoms with van der Waals surface area (Å²) in [6.45, 7) is 2.47. The van der Waals surface area contributed by atoms with Gasteiger partial charge in [0, 0.05) is 43.7 Å². The van der Waals surface area contributed by atoms with Crippen molar-refractivity contribution in [2.45, 2.75) is 6.54 Å². The van der Waals surface area contributed by atoms with E-state index in [0.29, 0.717) is 0 Å². The van der Waals surface area contributed by atoms with Crippen LogP contribution in [-0.2, 0) is 13.6 Å². The number of aryl methyl sites for hydroxylation is 1. The highest BCUT2D eigenvalue weighted by atomic mass is 16.5. The highest BCUT2D eigenvalue weighted by Crippen LogP contribution is 2.29. The quantitative estimate of drug-likeness (QED) is 0.790. The van der Waals surface area contributed by atoms with Crippen LogP contribution in [0.15, 0.2) is 54.9 Å². The van der Waals surface area contributed by atoms with E-state index in [2.05, 4.69) is 52.8 Å². The van der Waals surface area contributed by atoms with Gasteiger partial charge in [0.05, 0.1) is 0 Å². The molecule has 23 heavy (non-hydrogen) atoms. The van der Waals surface area contributed by atoms with Gasteiger partial charge >= 0.3 is 0 Å². The monoisotopic (exact) mass is 305 g/mol. The van der Waals surface area contributed by atoms with Crippen LogP contribution in [0.3, 0.4) is 0 Å². The van der Waals surface area contributed by atoms with E-state index in [9.17, 15) is 0 Å². The van der Waals surface area contributed by atoms with Crippen molar-refractivity contribution in [3.05, 3.63) is 60.4 Å². The molecular formula is C19H19N3O. The predicted molar refractivity (Wildman–Crippen MR) is 91.3 cm³/mol. The minimum absolute atomic E-state index is 0.727. The summed E-state index contributed by atoms with van der Waals surface area (Å²) >= 11 is 0. The summed E-state index contributed by atoms with van der Waals surface area (Å²) < 4.78 is 7.78. The number of hydrogen-bond acceptors (Lipinski definition) is 3. The second-order valence-electron chi connectivity index (χ2n) is 5.79. The molecule has 116 valence electrons. The first-order chi connectivity index (χ1) is 11.3. The minimum Gasteiger partial charge on any atom is -0.492 e. The highest BCUT2D eigenvalue weighted by molar-refractivity contribution is 5.69. The molecule has 4 nitrogen and oxygen atoms in total. The molecule has 4 heteroatoms. The van der Waals surface area contributed by atoms with Gasteiger partial charge in [0.2, 0.25) is 0 Å². The summed E-state index contributed by atoms with van der Waals surface area (Å²) in [6, 6.07) is 15.0. The molecule has 2 heterocycles. The van der Waals surface area contributed by atoms with E-state index in [0.717, 1.165) is 36.8 Å². The molecule has 0 amide bonds. The van der Waals surface area contributed by atoms with E-state index in [1.165, 1.54) is 16.7 Å². The van der Waals surface area contributed by atoms with Crippen molar-refractivity contribution in [1.29, 1.82) is 0 Å². The molecule has 0 radical (unpaired) electrons. The fraction of sp³-hybridized carbons (Fsp3) is 0.211. The number of ether oxygens (including phenoxy) is 1. The molecule has 3 aromatic rings. The van der Waals surface area contributed by atoms with E-state index in [-0.39, 0.29) is 0 Å². The summed E-state index contributed by atoms with van der Waals surface area (Å²) in [5, 5.41) is 3.38. The fourth-order valence-electron chi connectivity index (χ4n) is 2.95. The molecular weight excluding hydrogens is 286 g/mol. The van der Waals surface area contributed by atoms with E-state index < -0.39 is 0 Å². The number of fused-ring (bicyclic) bond motifs is 1. The van der Waals surface area contributed by atoms with E-state index in [4.69, 9.17) is 4.74 Å². The Bertz CT molecular complexity index is 821. The van der Waals surface area contributed by atoms with Gasteiger partial charge in [-0.05, 0) is 23.3 Å². The first kappa shape index (κ1) is 14.0. The van der Waals surface area contributed by atoms with Crippen LogP contribution in [-0.4, -0.2) is 22.7 Å². The first-order valence-corrected chi connectivity index (χ1v) is 7.86. The molecule has 0 fully saturated rings. The van der Waals surface area contributed by atoms with Crippen LogP contribution >= 0.6 is 0 Å². The smallest absolute Gasteiger partial charge is 0.139 e. The van der Waals surface area contributed by atoms with Crippen LogP contribution in [0.25, 0.3) is 22.5 Å². The Hall–Kier alpha value is -2.59. The van der Waals surface area contributed by atoms with Gasteiger partial charge in [-0.1, -0.05) is 30.3 Å². The fourth-order valence-corrected chi connectivity index (χ4v) is 2.95. The Morgan fingerprint density at radius 1 is 1.04 bits per heavy atom. The summed E-state index contributed by atoms with van der Waals surface area (Å²) in [7, 11) is 2.01. The Morgan fingerprint density at radius 2 is 1.83 bits per heavy atom. The van der Waals surface area contributed by atoms with Crippen molar-refractivity contribution in [1.82, 2.24) is 14.9 Å². The van der Waals surface area contributed by atoms with Crippen LogP contribution < -0.4 is 10.1 Å². The molecule has 4 rings (SSSR count). The predicted octanol–water partition coefficient (Wildman–Crippen LogP) is 3.24. The Morgan fingerprint density at radius 3 is 2.61 bits per heavy atom. The number of imidazole rings is 1. The molecule has 0 atom stereocenters. The van der Waals surface area contributed by atoms with Gasteiger partial charge in [-0.3, -0.25) is 0 Å². The zero-order chi connectivity index (χ0) is 15.6. The number of rotatable bonds is 2. The van der Waals surface area contributed by atoms with Crippen molar-refractivity contribution in [2.24, 2.45) is 7.05 Å². The topological polar surface area (TPSA) is 39.1 Å². The summed E-state index contributed by atoms with van der Waals surface area (Å²) in [5.41, 5.74) is 4.76. The van der Waals surface area contributed by atoms with Crippen molar-refractivity contribution in [2.75, 3.05) is 13.2 Å². The number of benzene rings is 2. The molecule has 0 bridgehead atoms. The maximum Gasteiger partial charge on any atom is 0.139 e. The summed E-state index contributed by atoms with van der Waals surface area (Å²) in [5.74, 6) is 1.97. The van der Waals surface area contributed by atoms with Crippen molar-refractivity contribution in [3.8, 4) is 28.3 Å². The average molecular weight is 305 g/mol. The third kappa shape index (κ3) is 2.73. The number of nitrogens with one attached hydrogen (secondary N) is 1. The molecule has 2 aromatic carbocycles. The van der Waals surface area contributed by atoms with Crippen molar-refractivity contribution >= 4 is 0 Å². The highest BCUT2D eigenvalue weighted by Gasteiger charge is 2.10. The van der Waals surface area contributed by atoms with Crippen LogP contribution in [0, 0.1) is 0 Å². The van der Waals surface area contributed by atoms with Gasteiger partial charge in [0.25, 0.3) is 0 Å². The molecule has 0 saturated carbocycles. The molecule has 0 spiro atoms. The Labute approximate surface area is 135 Å². The molecule has 0 unspecified atom stereocenters. The second-order valence-corrected chi connectivity index (χ2v) is 5.79. The Balaban J connectivity index is 1.66. The van der Waals surface area contributed by atoms with E-state index in [1.807, 2.05) is 24.0 Å². The van der Waals surface area contributed by atoms with Gasteiger partial charge in [0.1, 0.15) is 18.2 Å². The minimum atomic E-state index is 0.727. The SMILES string of the molecule is Cn1ccnc1-c1ccc(-c2ccc3c(c2)CNCCO3)cc1. The molecule has 1 aliphatic heterocycles. The lowest BCUT2D eigenvalue weighted by molar-refractivity contribution is 0.326. The van der Waals surface area contributed by atoms with Gasteiger partial charge in [-0.2, -0.15) is 0 Å². The third-order valence-electron chi connectivity index (χ3n) is 4.21. The average Bonchev–Trinajstić information content (AvgIpc) is 2.88. The molecule has 0 saturated heterocycles. The molecule has 0 aliphatic carbocycles. The Kier molecular flexibility index (Phi) is 3.60. The van der Waals surface area contributed by atoms with Gasteiger partial charge in [0.15, 0.2) is 0 Å². The second kappa shape index (κ2) is 5.89. The maximum absolute atomic E-state index is 5.75. The third-order valence-corrected chi connectivity index (χ3v) is 4.21. The number of aromatic nitrogens is 2. The lowest BCUT2D eigenvalue weighted by Gasteiger charge is -2.10. The molecule has 1 N–H and O–H groups in total. The lowest BCUT2D eigenvalue weighted by atomic mass is 10.0. The lowest BCUT2D eigenvalue weighted by Crippen LogP contribution is -2.16. The van der Waals surface area contributed by atoms with Crippen LogP contribution in [0.1, 0.15) is 5.56 Å². The molecule has 1 aliphatic rings. The standard InChI is InChI=1S/C19H19N3O/c1-22-10-8-21-19(22)15-4-2-14(3-5-15)16-6-7-18-17(12-16)13-20-9-11-23-18/h2-8,10,12,20H,9,11,13H2,1H3. The van der Waals surface area contributed by atoms with Crippen LogP contribution in [0.2, 0.25) is 0 Å². The zero-order valence-corrected chi connectivity index (χ0v) is 13.1. The van der Waals surface area contributed by atoms with Gasteiger partial charge < -0.3 is 14.6 Å². The van der Waals surface area contributed by atoms with E-state index in [1.54, 1.807) is 0 Å². The van der Waals surface area contributed by atoms with E-state index >= 15 is 0 Å². The number of nitrogens with zero attached hydrogens (tertiary/aromatic N) is 2. The van der Waals surface area contributed by atoms with Gasteiger partial charge in [-0.15, -0.1) is 0 Å². The maximum atomic E-state index is 5.75. The van der Waals surface area contributed by atoms with Crippen molar-refractivity contribution < 1.29 is 4.74 Å². The zero-order valence-electron chi connectivity index (χ0n) is 13.1. The largest absolute Gasteiger partial charge is 0.492 e. The number of hydrogen-bond donors (Lipinski definition) is 1. The van der Waals surface area contributed by atoms with Crippen molar-refractivity contribution in [3.63, 3.8) is 0 Å². The normalized spacial score (nSPS) is 14.0. The summed E-state index contributed by atoms with van der Waals surface area (Å²) in [6.07, 6.45) is 3.78. The molecule has 1 aromatic heterocycles. The van der Waals surface area contributed by atoms with Gasteiger partial charge in [-0.25, -0.2) is 4.98 Å².